The Morgan fingerprint density at radius 1 is 0.795 bits per heavy atom. The first-order chi connectivity index (χ1) is 42.6. The third-order valence-corrected chi connectivity index (χ3v) is 17.6. The highest BCUT2D eigenvalue weighted by Crippen LogP contribution is 2.52. The number of aromatic nitrogens is 4. The number of anilines is 1. The molecule has 458 valence electrons. The second-order valence-corrected chi connectivity index (χ2v) is 23.3. The molecular weight excluding hydrogens is 1140 g/mol. The Bertz CT molecular complexity index is 3770. The summed E-state index contributed by atoms with van der Waals surface area (Å²) in [5.74, 6) is -0.620. The molecule has 2 aromatic heterocycles. The van der Waals surface area contributed by atoms with Crippen LogP contribution in [0.1, 0.15) is 107 Å². The number of nitrogens with one attached hydrogen (secondary N) is 1. The summed E-state index contributed by atoms with van der Waals surface area (Å²) in [5.41, 5.74) is 2.89. The zero-order chi connectivity index (χ0) is 62.2. The van der Waals surface area contributed by atoms with E-state index in [-0.39, 0.29) is 67.7 Å². The Morgan fingerprint density at radius 3 is 2.03 bits per heavy atom. The van der Waals surface area contributed by atoms with Crippen molar-refractivity contribution in [3.63, 3.8) is 0 Å². The molecule has 1 aliphatic carbocycles. The van der Waals surface area contributed by atoms with Gasteiger partial charge in [-0.1, -0.05) is 116 Å². The SMILES string of the molecule is C=CCOc1nc(N[C@H]2c3c(ccc4ccc5ccccc5c34)[C@@H](OC(C)=O)[C@H](OC(C)=O)[C@@H]2OC(C)=O)nc2c1ncn2[C@H]1C[C@H](OP(OCCC#N)N(C(C)C)C(C)C)[C@@H](COC(c2ccccc2)(c2ccc(OC)cc2)c2ccc(OC)cc2)O1. The summed E-state index contributed by atoms with van der Waals surface area (Å²) in [7, 11) is 1.44. The molecule has 0 amide bonds. The lowest BCUT2D eigenvalue weighted by molar-refractivity contribution is -0.187. The van der Waals surface area contributed by atoms with E-state index >= 15 is 0 Å². The molecule has 1 fully saturated rings. The van der Waals surface area contributed by atoms with Crippen LogP contribution in [0.15, 0.2) is 146 Å². The number of hydrogen-bond acceptors (Lipinski definition) is 19. The number of benzene rings is 6. The number of carbonyl (C=O) groups excluding carboxylic acids is 3. The lowest BCUT2D eigenvalue weighted by Gasteiger charge is -2.42. The fraction of sp³-hybridized carbons (Fsp3) is 0.358. The maximum absolute atomic E-state index is 13.4. The molecule has 1 saturated heterocycles. The number of methoxy groups -OCH3 is 2. The maximum atomic E-state index is 13.4. The first-order valence-corrected chi connectivity index (χ1v) is 30.3. The van der Waals surface area contributed by atoms with Crippen molar-refractivity contribution in [1.82, 2.24) is 24.2 Å². The molecule has 0 radical (unpaired) electrons. The largest absolute Gasteiger partial charge is 0.497 e. The van der Waals surface area contributed by atoms with Gasteiger partial charge >= 0.3 is 17.9 Å². The summed E-state index contributed by atoms with van der Waals surface area (Å²) in [6.45, 7) is 16.1. The van der Waals surface area contributed by atoms with Crippen molar-refractivity contribution in [3.05, 3.63) is 174 Å². The fourth-order valence-corrected chi connectivity index (χ4v) is 13.7. The number of carbonyl (C=O) groups is 3. The molecular formula is C67H72N7O13P. The summed E-state index contributed by atoms with van der Waals surface area (Å²) in [6, 6.07) is 42.2. The molecule has 88 heavy (non-hydrogen) atoms. The average molecular weight is 1210 g/mol. The Balaban J connectivity index is 1.12. The second-order valence-electron chi connectivity index (χ2n) is 21.9. The highest BCUT2D eigenvalue weighted by Gasteiger charge is 2.51. The number of nitriles is 1. The third-order valence-electron chi connectivity index (χ3n) is 15.5. The van der Waals surface area contributed by atoms with E-state index in [2.05, 4.69) is 50.3 Å². The number of esters is 3. The van der Waals surface area contributed by atoms with E-state index in [0.29, 0.717) is 22.6 Å². The van der Waals surface area contributed by atoms with Crippen molar-refractivity contribution in [2.24, 2.45) is 0 Å². The molecule has 1 unspecified atom stereocenters. The average Bonchev–Trinajstić information content (AvgIpc) is 1.02. The topological polar surface area (TPSA) is 226 Å². The molecule has 1 N–H and O–H groups in total. The molecule has 8 aromatic rings. The minimum atomic E-state index is -1.81. The van der Waals surface area contributed by atoms with Gasteiger partial charge in [-0.2, -0.15) is 15.2 Å². The lowest BCUT2D eigenvalue weighted by atomic mass is 9.77. The molecule has 0 spiro atoms. The van der Waals surface area contributed by atoms with Crippen molar-refractivity contribution in [2.75, 3.05) is 39.4 Å². The number of imidazole rings is 1. The van der Waals surface area contributed by atoms with Gasteiger partial charge in [0.1, 0.15) is 36.0 Å². The van der Waals surface area contributed by atoms with Crippen molar-refractivity contribution in [3.8, 4) is 23.4 Å². The normalized spacial score (nSPS) is 19.5. The lowest BCUT2D eigenvalue weighted by Crippen LogP contribution is -2.50. The fourth-order valence-electron chi connectivity index (χ4n) is 11.9. The Hall–Kier alpha value is -8.54. The van der Waals surface area contributed by atoms with E-state index in [1.807, 2.05) is 127 Å². The van der Waals surface area contributed by atoms with E-state index in [1.165, 1.54) is 20.8 Å². The van der Waals surface area contributed by atoms with E-state index in [1.54, 1.807) is 31.2 Å². The smallest absolute Gasteiger partial charge is 0.303 e. The monoisotopic (exact) mass is 1210 g/mol. The molecule has 21 heteroatoms. The van der Waals surface area contributed by atoms with Crippen LogP contribution in [0.25, 0.3) is 32.7 Å². The van der Waals surface area contributed by atoms with Crippen LogP contribution < -0.4 is 19.5 Å². The molecule has 8 atom stereocenters. The van der Waals surface area contributed by atoms with Gasteiger partial charge in [-0.05, 0) is 95.8 Å². The van der Waals surface area contributed by atoms with Crippen LogP contribution in [-0.2, 0) is 52.7 Å². The summed E-state index contributed by atoms with van der Waals surface area (Å²) in [5, 5.41) is 16.6. The molecule has 0 bridgehead atoms. The zero-order valence-corrected chi connectivity index (χ0v) is 51.5. The van der Waals surface area contributed by atoms with Crippen LogP contribution in [0.3, 0.4) is 0 Å². The summed E-state index contributed by atoms with van der Waals surface area (Å²) < 4.78 is 68.4. The van der Waals surface area contributed by atoms with E-state index in [0.717, 1.165) is 38.2 Å². The number of hydrogen-bond donors (Lipinski definition) is 1. The van der Waals surface area contributed by atoms with Crippen LogP contribution in [0.4, 0.5) is 5.95 Å². The van der Waals surface area contributed by atoms with E-state index in [9.17, 15) is 19.6 Å². The predicted octanol–water partition coefficient (Wildman–Crippen LogP) is 12.3. The van der Waals surface area contributed by atoms with Gasteiger partial charge in [-0.25, -0.2) is 9.65 Å². The first-order valence-electron chi connectivity index (χ1n) is 29.2. The first kappa shape index (κ1) is 62.5. The van der Waals surface area contributed by atoms with Gasteiger partial charge in [0.15, 0.2) is 29.5 Å². The van der Waals surface area contributed by atoms with Gasteiger partial charge in [0, 0.05) is 44.8 Å². The highest BCUT2D eigenvalue weighted by molar-refractivity contribution is 7.44. The zero-order valence-electron chi connectivity index (χ0n) is 50.7. The third kappa shape index (κ3) is 13.0. The molecule has 2 aliphatic rings. The molecule has 20 nitrogen and oxygen atoms in total. The molecule has 1 aliphatic heterocycles. The maximum Gasteiger partial charge on any atom is 0.303 e. The predicted molar refractivity (Wildman–Crippen MR) is 331 cm³/mol. The van der Waals surface area contributed by atoms with Crippen molar-refractivity contribution in [2.45, 2.75) is 122 Å². The van der Waals surface area contributed by atoms with Crippen molar-refractivity contribution in [1.29, 1.82) is 5.26 Å². The summed E-state index contributed by atoms with van der Waals surface area (Å²) >= 11 is 0. The van der Waals surface area contributed by atoms with Gasteiger partial charge in [0.25, 0.3) is 8.53 Å². The van der Waals surface area contributed by atoms with Crippen LogP contribution in [0.5, 0.6) is 17.4 Å². The Labute approximate surface area is 512 Å². The van der Waals surface area contributed by atoms with Gasteiger partial charge in [0.05, 0.1) is 58.4 Å². The van der Waals surface area contributed by atoms with Crippen LogP contribution in [0, 0.1) is 11.3 Å². The van der Waals surface area contributed by atoms with E-state index in [4.69, 9.17) is 61.9 Å². The Kier molecular flexibility index (Phi) is 19.6. The number of nitrogens with zero attached hydrogens (tertiary/aromatic N) is 6. The van der Waals surface area contributed by atoms with Crippen molar-refractivity contribution >= 4 is 65.1 Å². The highest BCUT2D eigenvalue weighted by atomic mass is 31.2. The minimum Gasteiger partial charge on any atom is -0.497 e. The van der Waals surface area contributed by atoms with Gasteiger partial charge in [-0.15, -0.1) is 0 Å². The van der Waals surface area contributed by atoms with Gasteiger partial charge < -0.3 is 52.3 Å². The van der Waals surface area contributed by atoms with Crippen molar-refractivity contribution < 1.29 is 61.3 Å². The molecule has 6 aromatic carbocycles. The molecule has 10 rings (SSSR count). The molecule has 3 heterocycles. The minimum absolute atomic E-state index is 0.00222. The van der Waals surface area contributed by atoms with Gasteiger partial charge in [0.2, 0.25) is 11.8 Å². The number of ether oxygens (including phenoxy) is 8. The van der Waals surface area contributed by atoms with E-state index < -0.39 is 74.8 Å². The summed E-state index contributed by atoms with van der Waals surface area (Å²) in [4.78, 5) is 54.5. The summed E-state index contributed by atoms with van der Waals surface area (Å²) in [6.07, 6.45) is -2.64. The Morgan fingerprint density at radius 2 is 1.41 bits per heavy atom. The van der Waals surface area contributed by atoms with Gasteiger partial charge in [-0.3, -0.25) is 19.0 Å². The molecule has 0 saturated carbocycles. The quantitative estimate of drug-likeness (QED) is 0.0107. The van der Waals surface area contributed by atoms with Crippen LogP contribution in [0.2, 0.25) is 0 Å². The van der Waals surface area contributed by atoms with Crippen LogP contribution in [-0.4, -0.2) is 113 Å². The second kappa shape index (κ2) is 27.7. The van der Waals surface area contributed by atoms with Crippen LogP contribution >= 0.6 is 8.53 Å². The standard InChI is InChI=1S/C67H72N7O13P/c1-11-35-80-65-60-64(71-66(72-65)70-59-58-53(33-24-46-23-22-45-18-15-16-21-52(45)57(46)58)61(83-42(6)75)63(85-44(8)77)62(59)84-43(7)76)73(39-69-60)56-37-54(87-88(82-36-17-34-68)74(40(2)3)41(4)5)55(86-56)38-81-67(47-19-13-12-14-20-47,48-25-29-50(78-9)30-26-48)49-27-31-51(79-10)32-28-49/h11-16,18-33,39-41,54-56,59,61-63H,1,17,35-38H2,2-10H3,(H,70,71,72)/t54-,55+,56+,59-,61+,62+,63-,88?/m0/s1. The number of fused-ring (bicyclic) bond motifs is 6. The number of rotatable bonds is 25.